The molecule has 0 saturated heterocycles. The fourth-order valence-electron chi connectivity index (χ4n) is 1.05. The van der Waals surface area contributed by atoms with E-state index in [1.807, 2.05) is 6.92 Å². The number of ether oxygens (including phenoxy) is 1. The standard InChI is InChI=1S/C11H14FNO2/c1-2-3-6-15-11(14)8-4-5-10(13)9(12)7-8/h4-5,7H,2-3,6,13H2,1H3. The zero-order valence-electron chi connectivity index (χ0n) is 8.63. The Bertz CT molecular complexity index is 352. The quantitative estimate of drug-likeness (QED) is 0.472. The minimum absolute atomic E-state index is 0.0279. The molecule has 0 aliphatic rings. The third-order valence-corrected chi connectivity index (χ3v) is 1.97. The van der Waals surface area contributed by atoms with E-state index < -0.39 is 11.8 Å². The predicted octanol–water partition coefficient (Wildman–Crippen LogP) is 2.36. The van der Waals surface area contributed by atoms with Gasteiger partial charge in [0.15, 0.2) is 0 Å². The van der Waals surface area contributed by atoms with E-state index in [-0.39, 0.29) is 11.3 Å². The number of benzene rings is 1. The summed E-state index contributed by atoms with van der Waals surface area (Å²) in [5.74, 6) is -1.11. The van der Waals surface area contributed by atoms with Gasteiger partial charge in [0.05, 0.1) is 17.9 Å². The zero-order valence-corrected chi connectivity index (χ0v) is 8.63. The molecular formula is C11H14FNO2. The van der Waals surface area contributed by atoms with Crippen LogP contribution in [0.3, 0.4) is 0 Å². The van der Waals surface area contributed by atoms with Crippen molar-refractivity contribution in [3.8, 4) is 0 Å². The Kier molecular flexibility index (Phi) is 4.09. The van der Waals surface area contributed by atoms with Crippen LogP contribution >= 0.6 is 0 Å². The van der Waals surface area contributed by atoms with Crippen LogP contribution in [0.25, 0.3) is 0 Å². The minimum Gasteiger partial charge on any atom is -0.462 e. The fraction of sp³-hybridized carbons (Fsp3) is 0.364. The molecule has 0 atom stereocenters. The molecule has 82 valence electrons. The molecule has 0 aromatic heterocycles. The minimum atomic E-state index is -0.597. The number of halogens is 1. The number of rotatable bonds is 4. The van der Waals surface area contributed by atoms with Gasteiger partial charge in [0.2, 0.25) is 0 Å². The average Bonchev–Trinajstić information content (AvgIpc) is 2.22. The van der Waals surface area contributed by atoms with Crippen molar-refractivity contribution in [1.82, 2.24) is 0 Å². The van der Waals surface area contributed by atoms with Crippen LogP contribution in [0.1, 0.15) is 30.1 Å². The van der Waals surface area contributed by atoms with E-state index in [0.717, 1.165) is 18.9 Å². The highest BCUT2D eigenvalue weighted by molar-refractivity contribution is 5.89. The second-order valence-corrected chi connectivity index (χ2v) is 3.23. The molecule has 0 aliphatic heterocycles. The maximum atomic E-state index is 13.0. The highest BCUT2D eigenvalue weighted by Gasteiger charge is 2.09. The maximum Gasteiger partial charge on any atom is 0.338 e. The van der Waals surface area contributed by atoms with Gasteiger partial charge in [0.25, 0.3) is 0 Å². The maximum absolute atomic E-state index is 13.0. The van der Waals surface area contributed by atoms with Crippen molar-refractivity contribution in [2.24, 2.45) is 0 Å². The van der Waals surface area contributed by atoms with E-state index in [0.29, 0.717) is 6.61 Å². The second-order valence-electron chi connectivity index (χ2n) is 3.23. The summed E-state index contributed by atoms with van der Waals surface area (Å²) in [4.78, 5) is 11.4. The van der Waals surface area contributed by atoms with Crippen LogP contribution in [0.4, 0.5) is 10.1 Å². The van der Waals surface area contributed by atoms with Crippen molar-refractivity contribution in [2.45, 2.75) is 19.8 Å². The highest BCUT2D eigenvalue weighted by atomic mass is 19.1. The molecule has 1 aromatic carbocycles. The summed E-state index contributed by atoms with van der Waals surface area (Å²) in [6.45, 7) is 2.36. The molecule has 0 heterocycles. The van der Waals surface area contributed by atoms with Crippen molar-refractivity contribution < 1.29 is 13.9 Å². The molecule has 0 bridgehead atoms. The monoisotopic (exact) mass is 211 g/mol. The normalized spacial score (nSPS) is 10.0. The topological polar surface area (TPSA) is 52.3 Å². The molecule has 0 aliphatic carbocycles. The third kappa shape index (κ3) is 3.23. The number of esters is 1. The molecule has 2 N–H and O–H groups in total. The fourth-order valence-corrected chi connectivity index (χ4v) is 1.05. The van der Waals surface area contributed by atoms with E-state index >= 15 is 0 Å². The van der Waals surface area contributed by atoms with Gasteiger partial charge < -0.3 is 10.5 Å². The van der Waals surface area contributed by atoms with Crippen molar-refractivity contribution in [3.05, 3.63) is 29.6 Å². The first-order valence-corrected chi connectivity index (χ1v) is 4.87. The summed E-state index contributed by atoms with van der Waals surface area (Å²) >= 11 is 0. The number of anilines is 1. The first-order valence-electron chi connectivity index (χ1n) is 4.87. The van der Waals surface area contributed by atoms with Crippen LogP contribution in [-0.2, 0) is 4.74 Å². The van der Waals surface area contributed by atoms with Crippen LogP contribution in [0.2, 0.25) is 0 Å². The summed E-state index contributed by atoms with van der Waals surface area (Å²) in [5.41, 5.74) is 5.50. The van der Waals surface area contributed by atoms with Crippen LogP contribution in [0.15, 0.2) is 18.2 Å². The SMILES string of the molecule is CCCCOC(=O)c1ccc(N)c(F)c1. The number of carbonyl (C=O) groups is 1. The Labute approximate surface area is 88.0 Å². The van der Waals surface area contributed by atoms with Gasteiger partial charge in [-0.15, -0.1) is 0 Å². The summed E-state index contributed by atoms with van der Waals surface area (Å²) in [6.07, 6.45) is 1.76. The molecule has 1 rings (SSSR count). The molecular weight excluding hydrogens is 197 g/mol. The summed E-state index contributed by atoms with van der Waals surface area (Å²) in [5, 5.41) is 0. The Morgan fingerprint density at radius 1 is 1.53 bits per heavy atom. The van der Waals surface area contributed by atoms with Gasteiger partial charge in [0.1, 0.15) is 5.82 Å². The number of nitrogens with two attached hydrogens (primary N) is 1. The second kappa shape index (κ2) is 5.34. The van der Waals surface area contributed by atoms with E-state index in [1.165, 1.54) is 12.1 Å². The third-order valence-electron chi connectivity index (χ3n) is 1.97. The van der Waals surface area contributed by atoms with E-state index in [2.05, 4.69) is 0 Å². The largest absolute Gasteiger partial charge is 0.462 e. The van der Waals surface area contributed by atoms with E-state index in [9.17, 15) is 9.18 Å². The van der Waals surface area contributed by atoms with Gasteiger partial charge in [-0.05, 0) is 24.6 Å². The molecule has 15 heavy (non-hydrogen) atoms. The molecule has 4 heteroatoms. The Morgan fingerprint density at radius 3 is 2.87 bits per heavy atom. The van der Waals surface area contributed by atoms with Gasteiger partial charge in [0, 0.05) is 0 Å². The number of hydrogen-bond donors (Lipinski definition) is 1. The molecule has 0 saturated carbocycles. The predicted molar refractivity (Wildman–Crippen MR) is 56.0 cm³/mol. The van der Waals surface area contributed by atoms with E-state index in [1.54, 1.807) is 0 Å². The van der Waals surface area contributed by atoms with Crippen molar-refractivity contribution >= 4 is 11.7 Å². The Morgan fingerprint density at radius 2 is 2.27 bits per heavy atom. The first kappa shape index (κ1) is 11.5. The number of nitrogen functional groups attached to an aromatic ring is 1. The Hall–Kier alpha value is -1.58. The number of carbonyl (C=O) groups excluding carboxylic acids is 1. The van der Waals surface area contributed by atoms with Crippen LogP contribution in [0.5, 0.6) is 0 Å². The van der Waals surface area contributed by atoms with Crippen LogP contribution in [0, 0.1) is 5.82 Å². The summed E-state index contributed by atoms with van der Waals surface area (Å²) in [7, 11) is 0. The van der Waals surface area contributed by atoms with Gasteiger partial charge >= 0.3 is 5.97 Å². The van der Waals surface area contributed by atoms with Crippen molar-refractivity contribution in [2.75, 3.05) is 12.3 Å². The molecule has 0 unspecified atom stereocenters. The van der Waals surface area contributed by atoms with Crippen molar-refractivity contribution in [3.63, 3.8) is 0 Å². The molecule has 0 amide bonds. The van der Waals surface area contributed by atoms with E-state index in [4.69, 9.17) is 10.5 Å². The van der Waals surface area contributed by atoms with Gasteiger partial charge in [-0.2, -0.15) is 0 Å². The smallest absolute Gasteiger partial charge is 0.338 e. The van der Waals surface area contributed by atoms with Crippen LogP contribution in [-0.4, -0.2) is 12.6 Å². The van der Waals surface area contributed by atoms with Gasteiger partial charge in [-0.3, -0.25) is 0 Å². The van der Waals surface area contributed by atoms with Crippen molar-refractivity contribution in [1.29, 1.82) is 0 Å². The lowest BCUT2D eigenvalue weighted by Gasteiger charge is -2.04. The first-order chi connectivity index (χ1) is 7.15. The highest BCUT2D eigenvalue weighted by Crippen LogP contribution is 2.12. The lowest BCUT2D eigenvalue weighted by atomic mass is 10.2. The van der Waals surface area contributed by atoms with Gasteiger partial charge in [-0.1, -0.05) is 13.3 Å². The molecule has 0 spiro atoms. The molecule has 3 nitrogen and oxygen atoms in total. The Balaban J connectivity index is 2.62. The summed E-state index contributed by atoms with van der Waals surface area (Å²) < 4.78 is 17.9. The number of unbranched alkanes of at least 4 members (excludes halogenated alkanes) is 1. The molecule has 1 aromatic rings. The number of hydrogen-bond acceptors (Lipinski definition) is 3. The molecule has 0 radical (unpaired) electrons. The lowest BCUT2D eigenvalue weighted by Crippen LogP contribution is -2.07. The summed E-state index contributed by atoms with van der Waals surface area (Å²) in [6, 6.07) is 3.89. The molecule has 0 fully saturated rings. The zero-order chi connectivity index (χ0) is 11.3. The van der Waals surface area contributed by atoms with Gasteiger partial charge in [-0.25, -0.2) is 9.18 Å². The lowest BCUT2D eigenvalue weighted by molar-refractivity contribution is 0.0499. The van der Waals surface area contributed by atoms with Crippen LogP contribution < -0.4 is 5.73 Å². The average molecular weight is 211 g/mol.